The molecule has 1 saturated heterocycles. The molecule has 15 heavy (non-hydrogen) atoms. The Kier molecular flexibility index (Phi) is 4.63. The van der Waals surface area contributed by atoms with Gasteiger partial charge >= 0.3 is 0 Å². The van der Waals surface area contributed by atoms with Crippen molar-refractivity contribution in [3.63, 3.8) is 0 Å². The van der Waals surface area contributed by atoms with E-state index in [1.165, 1.54) is 6.42 Å². The van der Waals surface area contributed by atoms with Gasteiger partial charge in [-0.15, -0.1) is 12.3 Å². The van der Waals surface area contributed by atoms with Crippen LogP contribution in [0.25, 0.3) is 0 Å². The van der Waals surface area contributed by atoms with Gasteiger partial charge in [0, 0.05) is 31.1 Å². The van der Waals surface area contributed by atoms with Gasteiger partial charge in [-0.05, 0) is 33.2 Å². The SMILES string of the molecule is C#CCCCN1CC(C)(CC)NCC1C. The highest BCUT2D eigenvalue weighted by atomic mass is 15.2. The van der Waals surface area contributed by atoms with Gasteiger partial charge in [-0.25, -0.2) is 0 Å². The second kappa shape index (κ2) is 5.53. The third-order valence-electron chi connectivity index (χ3n) is 3.55. The molecule has 1 aliphatic rings. The van der Waals surface area contributed by atoms with Gasteiger partial charge in [0.15, 0.2) is 0 Å². The second-order valence-corrected chi connectivity index (χ2v) is 4.92. The van der Waals surface area contributed by atoms with Gasteiger partial charge in [0.1, 0.15) is 0 Å². The minimum Gasteiger partial charge on any atom is -0.309 e. The van der Waals surface area contributed by atoms with Crippen molar-refractivity contribution in [1.29, 1.82) is 0 Å². The Bertz CT molecular complexity index is 231. The third kappa shape index (κ3) is 3.52. The molecule has 1 aliphatic heterocycles. The van der Waals surface area contributed by atoms with E-state index in [0.717, 1.165) is 32.5 Å². The lowest BCUT2D eigenvalue weighted by molar-refractivity contribution is 0.0925. The van der Waals surface area contributed by atoms with E-state index < -0.39 is 0 Å². The van der Waals surface area contributed by atoms with Crippen molar-refractivity contribution in [2.45, 2.75) is 51.6 Å². The Morgan fingerprint density at radius 1 is 1.60 bits per heavy atom. The molecule has 0 spiro atoms. The van der Waals surface area contributed by atoms with Crippen LogP contribution in [0.15, 0.2) is 0 Å². The summed E-state index contributed by atoms with van der Waals surface area (Å²) in [7, 11) is 0. The number of nitrogens with one attached hydrogen (secondary N) is 1. The maximum atomic E-state index is 5.28. The summed E-state index contributed by atoms with van der Waals surface area (Å²) >= 11 is 0. The Morgan fingerprint density at radius 2 is 2.33 bits per heavy atom. The average Bonchev–Trinajstić information content (AvgIpc) is 2.24. The lowest BCUT2D eigenvalue weighted by atomic mass is 9.93. The highest BCUT2D eigenvalue weighted by Crippen LogP contribution is 2.18. The lowest BCUT2D eigenvalue weighted by Gasteiger charge is -2.45. The molecule has 2 nitrogen and oxygen atoms in total. The summed E-state index contributed by atoms with van der Waals surface area (Å²) < 4.78 is 0. The number of terminal acetylenes is 1. The molecule has 0 aromatic heterocycles. The minimum absolute atomic E-state index is 0.294. The molecule has 2 unspecified atom stereocenters. The number of piperazine rings is 1. The molecule has 1 fully saturated rings. The number of hydrogen-bond donors (Lipinski definition) is 1. The van der Waals surface area contributed by atoms with E-state index in [2.05, 4.69) is 36.9 Å². The van der Waals surface area contributed by atoms with Gasteiger partial charge in [-0.1, -0.05) is 6.92 Å². The molecule has 0 amide bonds. The van der Waals surface area contributed by atoms with Crippen LogP contribution in [0.4, 0.5) is 0 Å². The highest BCUT2D eigenvalue weighted by molar-refractivity contribution is 4.93. The summed E-state index contributed by atoms with van der Waals surface area (Å²) in [6.07, 6.45) is 8.49. The van der Waals surface area contributed by atoms with Gasteiger partial charge in [0.05, 0.1) is 0 Å². The first-order chi connectivity index (χ1) is 7.11. The Balaban J connectivity index is 2.43. The summed E-state index contributed by atoms with van der Waals surface area (Å²) in [5.74, 6) is 2.71. The van der Waals surface area contributed by atoms with Gasteiger partial charge in [0.2, 0.25) is 0 Å². The van der Waals surface area contributed by atoms with Crippen molar-refractivity contribution >= 4 is 0 Å². The van der Waals surface area contributed by atoms with Crippen LogP contribution in [0.3, 0.4) is 0 Å². The molecule has 0 bridgehead atoms. The highest BCUT2D eigenvalue weighted by Gasteiger charge is 2.31. The van der Waals surface area contributed by atoms with Crippen molar-refractivity contribution in [1.82, 2.24) is 10.2 Å². The van der Waals surface area contributed by atoms with Crippen LogP contribution in [-0.2, 0) is 0 Å². The molecule has 86 valence electrons. The van der Waals surface area contributed by atoms with Crippen LogP contribution in [0.5, 0.6) is 0 Å². The summed E-state index contributed by atoms with van der Waals surface area (Å²) in [5, 5.41) is 3.63. The summed E-state index contributed by atoms with van der Waals surface area (Å²) in [5.41, 5.74) is 0.294. The number of rotatable bonds is 4. The Hall–Kier alpha value is -0.520. The van der Waals surface area contributed by atoms with E-state index in [0.29, 0.717) is 11.6 Å². The van der Waals surface area contributed by atoms with Crippen molar-refractivity contribution in [2.75, 3.05) is 19.6 Å². The monoisotopic (exact) mass is 208 g/mol. The zero-order valence-corrected chi connectivity index (χ0v) is 10.3. The van der Waals surface area contributed by atoms with Gasteiger partial charge in [-0.3, -0.25) is 4.90 Å². The average molecular weight is 208 g/mol. The van der Waals surface area contributed by atoms with Crippen LogP contribution in [0.2, 0.25) is 0 Å². The molecular weight excluding hydrogens is 184 g/mol. The fourth-order valence-electron chi connectivity index (χ4n) is 2.10. The zero-order chi connectivity index (χ0) is 11.3. The van der Waals surface area contributed by atoms with E-state index in [9.17, 15) is 0 Å². The topological polar surface area (TPSA) is 15.3 Å². The predicted molar refractivity (Wildman–Crippen MR) is 65.8 cm³/mol. The number of unbranched alkanes of at least 4 members (excludes halogenated alkanes) is 1. The molecule has 0 aromatic carbocycles. The summed E-state index contributed by atoms with van der Waals surface area (Å²) in [6, 6.07) is 0.641. The van der Waals surface area contributed by atoms with E-state index >= 15 is 0 Å². The van der Waals surface area contributed by atoms with Crippen molar-refractivity contribution < 1.29 is 0 Å². The van der Waals surface area contributed by atoms with Crippen LogP contribution < -0.4 is 5.32 Å². The fourth-order valence-corrected chi connectivity index (χ4v) is 2.10. The molecule has 1 heterocycles. The summed E-state index contributed by atoms with van der Waals surface area (Å²) in [4.78, 5) is 2.57. The second-order valence-electron chi connectivity index (χ2n) is 4.92. The first kappa shape index (κ1) is 12.5. The van der Waals surface area contributed by atoms with Crippen LogP contribution in [0, 0.1) is 12.3 Å². The molecule has 0 aliphatic carbocycles. The standard InChI is InChI=1S/C13H24N2/c1-5-7-8-9-15-11-13(4,6-2)14-10-12(15)3/h1,12,14H,6-11H2,2-4H3. The molecule has 2 heteroatoms. The third-order valence-corrected chi connectivity index (χ3v) is 3.55. The fraction of sp³-hybridized carbons (Fsp3) is 0.846. The van der Waals surface area contributed by atoms with Gasteiger partial charge < -0.3 is 5.32 Å². The number of hydrogen-bond acceptors (Lipinski definition) is 2. The van der Waals surface area contributed by atoms with Crippen LogP contribution >= 0.6 is 0 Å². The first-order valence-corrected chi connectivity index (χ1v) is 6.04. The maximum absolute atomic E-state index is 5.28. The molecular formula is C13H24N2. The Labute approximate surface area is 94.4 Å². The predicted octanol–water partition coefficient (Wildman–Crippen LogP) is 1.86. The van der Waals surface area contributed by atoms with Crippen LogP contribution in [-0.4, -0.2) is 36.1 Å². The Morgan fingerprint density at radius 3 is 2.93 bits per heavy atom. The van der Waals surface area contributed by atoms with Gasteiger partial charge in [0.25, 0.3) is 0 Å². The molecule has 0 aromatic rings. The van der Waals surface area contributed by atoms with Crippen molar-refractivity contribution in [3.05, 3.63) is 0 Å². The van der Waals surface area contributed by atoms with E-state index in [1.54, 1.807) is 0 Å². The largest absolute Gasteiger partial charge is 0.309 e. The van der Waals surface area contributed by atoms with Crippen LogP contribution in [0.1, 0.15) is 40.0 Å². The van der Waals surface area contributed by atoms with E-state index in [4.69, 9.17) is 6.42 Å². The molecule has 1 N–H and O–H groups in total. The van der Waals surface area contributed by atoms with E-state index in [1.807, 2.05) is 0 Å². The maximum Gasteiger partial charge on any atom is 0.0278 e. The quantitative estimate of drug-likeness (QED) is 0.560. The van der Waals surface area contributed by atoms with Crippen molar-refractivity contribution in [2.24, 2.45) is 0 Å². The molecule has 1 rings (SSSR count). The van der Waals surface area contributed by atoms with Gasteiger partial charge in [-0.2, -0.15) is 0 Å². The molecule has 2 atom stereocenters. The smallest absolute Gasteiger partial charge is 0.0278 e. The zero-order valence-electron chi connectivity index (χ0n) is 10.3. The molecule has 0 saturated carbocycles. The summed E-state index contributed by atoms with van der Waals surface area (Å²) in [6.45, 7) is 10.2. The first-order valence-electron chi connectivity index (χ1n) is 6.04. The molecule has 0 radical (unpaired) electrons. The number of nitrogens with zero attached hydrogens (tertiary/aromatic N) is 1. The normalized spacial score (nSPS) is 32.5. The van der Waals surface area contributed by atoms with E-state index in [-0.39, 0.29) is 0 Å². The lowest BCUT2D eigenvalue weighted by Crippen LogP contribution is -2.61. The van der Waals surface area contributed by atoms with Crippen molar-refractivity contribution in [3.8, 4) is 12.3 Å². The minimum atomic E-state index is 0.294.